The van der Waals surface area contributed by atoms with Crippen LogP contribution < -0.4 is 37.2 Å². The van der Waals surface area contributed by atoms with Gasteiger partial charge in [0, 0.05) is 153 Å². The second-order valence-electron chi connectivity index (χ2n) is 45.0. The van der Waals surface area contributed by atoms with Gasteiger partial charge in [0.05, 0.1) is 18.8 Å². The average molecular weight is 2000 g/mol. The number of hydrogen-bond donors (Lipinski definition) is 7. The normalized spacial score (nSPS) is 43.1. The molecule has 7 N–H and O–H groups in total. The van der Waals surface area contributed by atoms with Gasteiger partial charge < -0.3 is 156 Å². The zero-order chi connectivity index (χ0) is 96.7. The van der Waals surface area contributed by atoms with Crippen LogP contribution in [0, 0.1) is 0 Å². The molecule has 0 aromatic carbocycles. The first kappa shape index (κ1) is 98.1. The molecule has 786 valence electrons. The molecule has 0 aromatic heterocycles. The maximum absolute atomic E-state index is 15.2. The summed E-state index contributed by atoms with van der Waals surface area (Å²) < 4.78 is 167. The van der Waals surface area contributed by atoms with Crippen molar-refractivity contribution < 1.29 is 157 Å². The summed E-state index contributed by atoms with van der Waals surface area (Å²) in [4.78, 5) is 121. The van der Waals surface area contributed by atoms with Crippen molar-refractivity contribution in [2.45, 2.75) is 518 Å². The lowest BCUT2D eigenvalue weighted by Crippen LogP contribution is -2.49. The highest BCUT2D eigenvalue weighted by atomic mass is 16.8. The second kappa shape index (κ2) is 39.8. The third-order valence-corrected chi connectivity index (χ3v) is 35.1. The zero-order valence-electron chi connectivity index (χ0n) is 81.3. The molecule has 16 saturated heterocycles. The van der Waals surface area contributed by atoms with Crippen LogP contribution in [0.1, 0.15) is 271 Å². The van der Waals surface area contributed by atoms with Crippen LogP contribution in [0.3, 0.4) is 0 Å². The Kier molecular flexibility index (Phi) is 27.5. The van der Waals surface area contributed by atoms with Crippen molar-refractivity contribution in [2.24, 2.45) is 5.11 Å². The van der Waals surface area contributed by atoms with Crippen LogP contribution in [-0.4, -0.2) is 347 Å². The quantitative estimate of drug-likeness (QED) is 0.0280. The molecule has 24 rings (SSSR count). The molecule has 24 fully saturated rings. The highest BCUT2D eigenvalue weighted by molar-refractivity contribution is 5.86. The van der Waals surface area contributed by atoms with Crippen LogP contribution in [0.5, 0.6) is 0 Å². The highest BCUT2D eigenvalue weighted by Crippen LogP contribution is 2.56. The predicted molar refractivity (Wildman–Crippen MR) is 480 cm³/mol. The minimum atomic E-state index is -1.23. The molecule has 0 radical (unpaired) electrons. The molecule has 43 nitrogen and oxygen atoms in total. The standard InChI is InChI=1S/C99H142N10O33/c1-51(2)118-91(117)83-75-66(133-99(142-75)41-25-10-26-42-99)58(126-83)49-107-89(115)81-73-64(131-97(140-73)37-21-8-22-38-97)56(124-81)47-105-87(113)79-71-62(129-95(138-71)33-17-6-18-34-95)54(122-79)45-103-85(111)77-69-60(127-93(136-69)29-13-4-14-30-93)52(120-77)43-101-84(110)76-68-61(128-92(135-68)27-11-3-12-28-92)53(119-76)44-102-86(112)78-70-63(130-94(137-70)31-15-5-16-32-94)55(121-78)46-104-88(114)80-72-65(132-96(139-72)35-19-7-20-36-96)57(123-80)48-106-90(116)82-74-67(59(125-82)50-108-109-100)134-98(141-74)39-23-9-24-40-98/h51-83H,3-50H2,1-2H3,(H,101,110)(H,102,112)(H,103,111)(H,104,114)(H,105,113)(H,106,116)(H,107,115)/t52-,53-,54-,55-,56-,57-,58-,59-,60-,61-,62-,63-,64-,65-,66-,67-,68?,69?,70?,71?,72?,73?,74?,75?,76-,77-,78-,79-,80-,81-,82-,83-/m1/s1. The van der Waals surface area contributed by atoms with Gasteiger partial charge in [0.2, 0.25) is 0 Å². The fraction of sp³-hybridized carbons (Fsp3) is 0.919. The number of nitrogens with one attached hydrogen (secondary N) is 7. The molecule has 8 spiro atoms. The predicted octanol–water partition coefficient (Wildman–Crippen LogP) is 4.76. The molecule has 43 heteroatoms. The first-order valence-electron chi connectivity index (χ1n) is 54.2. The van der Waals surface area contributed by atoms with E-state index in [-0.39, 0.29) is 52.4 Å². The number of rotatable bonds is 25. The lowest BCUT2D eigenvalue weighted by atomic mass is 9.94. The third kappa shape index (κ3) is 18.6. The van der Waals surface area contributed by atoms with Gasteiger partial charge >= 0.3 is 5.97 Å². The van der Waals surface area contributed by atoms with Crippen molar-refractivity contribution in [1.82, 2.24) is 37.2 Å². The Morgan fingerprint density at radius 3 is 0.556 bits per heavy atom. The van der Waals surface area contributed by atoms with Crippen LogP contribution in [0.4, 0.5) is 0 Å². The zero-order valence-corrected chi connectivity index (χ0v) is 81.3. The van der Waals surface area contributed by atoms with Crippen LogP contribution in [0.25, 0.3) is 10.4 Å². The van der Waals surface area contributed by atoms with E-state index < -0.39 is 295 Å². The molecule has 8 saturated carbocycles. The lowest BCUT2D eigenvalue weighted by Gasteiger charge is -2.34. The van der Waals surface area contributed by atoms with Crippen LogP contribution >= 0.6 is 0 Å². The molecule has 8 unspecified atom stereocenters. The summed E-state index contributed by atoms with van der Waals surface area (Å²) in [6, 6.07) is 0. The van der Waals surface area contributed by atoms with E-state index in [0.29, 0.717) is 103 Å². The van der Waals surface area contributed by atoms with Crippen LogP contribution in [-0.2, 0) is 157 Å². The van der Waals surface area contributed by atoms with Crippen LogP contribution in [0.15, 0.2) is 5.11 Å². The Balaban J connectivity index is 0.414. The number of esters is 1. The van der Waals surface area contributed by atoms with Gasteiger partial charge in [0.25, 0.3) is 41.4 Å². The first-order valence-corrected chi connectivity index (χ1v) is 54.2. The Bertz CT molecular complexity index is 4600. The van der Waals surface area contributed by atoms with Gasteiger partial charge in [-0.25, -0.2) is 4.79 Å². The highest BCUT2D eigenvalue weighted by Gasteiger charge is 2.71. The Labute approximate surface area is 823 Å². The number of fused-ring (bicyclic) bond motifs is 8. The number of azide groups is 1. The average Bonchev–Trinajstić information content (AvgIpc) is 1.59. The van der Waals surface area contributed by atoms with E-state index in [1.165, 1.54) is 0 Å². The molecule has 7 amide bonds. The Morgan fingerprint density at radius 2 is 0.387 bits per heavy atom. The Morgan fingerprint density at radius 1 is 0.239 bits per heavy atom. The van der Waals surface area contributed by atoms with Gasteiger partial charge in [-0.1, -0.05) is 56.5 Å². The van der Waals surface area contributed by atoms with E-state index in [1.54, 1.807) is 13.8 Å². The summed E-state index contributed by atoms with van der Waals surface area (Å²) >= 11 is 0. The number of carbonyl (C=O) groups excluding carboxylic acids is 8. The van der Waals surface area contributed by atoms with Crippen molar-refractivity contribution in [3.63, 3.8) is 0 Å². The maximum Gasteiger partial charge on any atom is 0.338 e. The molecule has 0 aromatic rings. The van der Waals surface area contributed by atoms with E-state index in [4.69, 9.17) is 118 Å². The summed E-state index contributed by atoms with van der Waals surface area (Å²) in [5, 5.41) is 25.3. The third-order valence-electron chi connectivity index (χ3n) is 35.1. The maximum atomic E-state index is 15.2. The van der Waals surface area contributed by atoms with Gasteiger partial charge in [0.15, 0.2) is 95.1 Å². The van der Waals surface area contributed by atoms with Crippen molar-refractivity contribution in [2.75, 3.05) is 52.4 Å². The SMILES string of the molecule is CC(C)OC(=O)[C@@H]1O[C@H](CNC(=O)[C@@H]2O[C@H](CNC(=O)[C@@H]3O[C@H](CNC(=O)[C@@H]4O[C@H](CNC(=O)[C@@H]5O[C@H](CNC(=O)[C@@H]6O[C@H](CNC(=O)[C@@H]7O[C@H](CNC(=O)[C@@H]8O[C@H](CN=[N+]=[N-])[C@H]9OC%10(CCCCC%10)OC89)[C@H]8OC9(CCCCC9)OC78)[C@H]7OC8(CCCCC8)OC67)[C@H]6OC7(CCCCC7)OC56)[C@H]5OC6(CCCCC6)OC45)[C@H]4OC5(CCCCC5)OC34)[C@H]3OC4(CCCCC4)OC23)[C@H]2OC3(CCCCC3)OC12. The van der Waals surface area contributed by atoms with Crippen molar-refractivity contribution in [3.8, 4) is 0 Å². The summed E-state index contributed by atoms with van der Waals surface area (Å²) in [6.45, 7) is 2.84. The minimum absolute atomic E-state index is 0.0297. The monoisotopic (exact) mass is 2000 g/mol. The number of carbonyl (C=O) groups is 8. The van der Waals surface area contributed by atoms with Crippen molar-refractivity contribution >= 4 is 47.3 Å². The summed E-state index contributed by atoms with van der Waals surface area (Å²) in [6.07, 6.45) is 2.85. The molecule has 16 heterocycles. The number of amides is 7. The molecule has 8 aliphatic carbocycles. The van der Waals surface area contributed by atoms with Crippen molar-refractivity contribution in [1.29, 1.82) is 0 Å². The summed E-state index contributed by atoms with van der Waals surface area (Å²) in [5.74, 6) is -11.7. The van der Waals surface area contributed by atoms with Gasteiger partial charge in [-0.3, -0.25) is 33.6 Å². The van der Waals surface area contributed by atoms with Gasteiger partial charge in [-0.15, -0.1) is 0 Å². The fourth-order valence-corrected chi connectivity index (χ4v) is 28.3. The lowest BCUT2D eigenvalue weighted by molar-refractivity contribution is -0.227. The fourth-order valence-electron chi connectivity index (χ4n) is 28.3. The summed E-state index contributed by atoms with van der Waals surface area (Å²) in [5.41, 5.74) is 9.25. The number of hydrogen-bond acceptors (Lipinski definition) is 34. The largest absolute Gasteiger partial charge is 0.461 e. The number of nitrogens with zero attached hydrogens (tertiary/aromatic N) is 3. The molecule has 142 heavy (non-hydrogen) atoms. The molecule has 24 aliphatic rings. The van der Waals surface area contributed by atoms with E-state index in [9.17, 15) is 24.7 Å². The van der Waals surface area contributed by atoms with Gasteiger partial charge in [0.1, 0.15) is 140 Å². The minimum Gasteiger partial charge on any atom is -0.461 e. The smallest absolute Gasteiger partial charge is 0.338 e. The molecular formula is C99H142N10O33. The van der Waals surface area contributed by atoms with E-state index in [0.717, 1.165) is 154 Å². The van der Waals surface area contributed by atoms with Gasteiger partial charge in [-0.05, 0) is 122 Å². The second-order valence-corrected chi connectivity index (χ2v) is 45.0. The topological polar surface area (TPSA) is 500 Å². The molecule has 16 aliphatic heterocycles. The van der Waals surface area contributed by atoms with E-state index in [2.05, 4.69) is 47.2 Å². The van der Waals surface area contributed by atoms with Crippen molar-refractivity contribution in [3.05, 3.63) is 10.4 Å². The molecule has 32 atom stereocenters. The van der Waals surface area contributed by atoms with Gasteiger partial charge in [-0.2, -0.15) is 0 Å². The summed E-state index contributed by atoms with van der Waals surface area (Å²) in [7, 11) is 0. The van der Waals surface area contributed by atoms with Crippen LogP contribution in [0.2, 0.25) is 0 Å². The number of ether oxygens (including phenoxy) is 25. The van der Waals surface area contributed by atoms with E-state index in [1.807, 2.05) is 0 Å². The molecular weight excluding hydrogens is 1860 g/mol. The van der Waals surface area contributed by atoms with E-state index >= 15 is 19.2 Å². The first-order chi connectivity index (χ1) is 69.0. The molecule has 0 bridgehead atoms. The Hall–Kier alpha value is -5.89.